The highest BCUT2D eigenvalue weighted by atomic mass is 32.1. The lowest BCUT2D eigenvalue weighted by Gasteiger charge is -2.05. The van der Waals surface area contributed by atoms with Crippen molar-refractivity contribution in [1.82, 2.24) is 9.97 Å². The molecule has 0 atom stereocenters. The molecule has 6 heteroatoms. The number of amides is 1. The standard InChI is InChI=1S/C12H14N4OS/c1-2-3-9-6-8(7-10(13)15-9)11(17)16-12-14-4-5-18-12/h4-7H,2-3H2,1H3,(H2,13,15)(H,14,16,17). The topological polar surface area (TPSA) is 80.9 Å². The molecule has 0 unspecified atom stereocenters. The van der Waals surface area contributed by atoms with E-state index in [1.807, 2.05) is 0 Å². The molecule has 2 aromatic rings. The van der Waals surface area contributed by atoms with E-state index >= 15 is 0 Å². The number of pyridine rings is 1. The first kappa shape index (κ1) is 12.5. The Bertz CT molecular complexity index is 539. The van der Waals surface area contributed by atoms with Gasteiger partial charge in [-0.2, -0.15) is 0 Å². The predicted octanol–water partition coefficient (Wildman–Crippen LogP) is 2.33. The van der Waals surface area contributed by atoms with Gasteiger partial charge < -0.3 is 5.73 Å². The van der Waals surface area contributed by atoms with Gasteiger partial charge in [-0.15, -0.1) is 11.3 Å². The molecule has 0 aliphatic carbocycles. The van der Waals surface area contributed by atoms with Crippen molar-refractivity contribution >= 4 is 28.2 Å². The molecule has 94 valence electrons. The van der Waals surface area contributed by atoms with Crippen molar-refractivity contribution < 1.29 is 4.79 Å². The van der Waals surface area contributed by atoms with E-state index in [0.29, 0.717) is 16.5 Å². The van der Waals surface area contributed by atoms with Crippen LogP contribution in [0.5, 0.6) is 0 Å². The minimum absolute atomic E-state index is 0.212. The van der Waals surface area contributed by atoms with Gasteiger partial charge in [-0.05, 0) is 18.6 Å². The van der Waals surface area contributed by atoms with Crippen LogP contribution in [0.1, 0.15) is 29.4 Å². The first-order valence-electron chi connectivity index (χ1n) is 5.66. The second kappa shape index (κ2) is 5.59. The zero-order chi connectivity index (χ0) is 13.0. The van der Waals surface area contributed by atoms with Gasteiger partial charge in [0.2, 0.25) is 0 Å². The van der Waals surface area contributed by atoms with Crippen LogP contribution in [0.25, 0.3) is 0 Å². The van der Waals surface area contributed by atoms with Gasteiger partial charge in [-0.1, -0.05) is 13.3 Å². The zero-order valence-electron chi connectivity index (χ0n) is 10.0. The van der Waals surface area contributed by atoms with Crippen molar-refractivity contribution in [1.29, 1.82) is 0 Å². The third kappa shape index (κ3) is 3.04. The highest BCUT2D eigenvalue weighted by Crippen LogP contribution is 2.14. The number of anilines is 2. The van der Waals surface area contributed by atoms with E-state index < -0.39 is 0 Å². The number of nitrogens with two attached hydrogens (primary N) is 1. The average Bonchev–Trinajstić information content (AvgIpc) is 2.81. The van der Waals surface area contributed by atoms with Gasteiger partial charge in [0.1, 0.15) is 5.82 Å². The number of aromatic nitrogens is 2. The average molecular weight is 262 g/mol. The van der Waals surface area contributed by atoms with Gasteiger partial charge in [0, 0.05) is 22.8 Å². The molecular weight excluding hydrogens is 248 g/mol. The van der Waals surface area contributed by atoms with E-state index in [1.165, 1.54) is 11.3 Å². The molecule has 2 rings (SSSR count). The molecule has 0 spiro atoms. The summed E-state index contributed by atoms with van der Waals surface area (Å²) >= 11 is 1.37. The van der Waals surface area contributed by atoms with Crippen molar-refractivity contribution in [3.63, 3.8) is 0 Å². The summed E-state index contributed by atoms with van der Waals surface area (Å²) in [7, 11) is 0. The molecule has 1 amide bonds. The summed E-state index contributed by atoms with van der Waals surface area (Å²) in [6, 6.07) is 3.34. The monoisotopic (exact) mass is 262 g/mol. The highest BCUT2D eigenvalue weighted by molar-refractivity contribution is 7.13. The first-order valence-corrected chi connectivity index (χ1v) is 6.54. The van der Waals surface area contributed by atoms with E-state index in [9.17, 15) is 4.79 Å². The second-order valence-electron chi connectivity index (χ2n) is 3.81. The Morgan fingerprint density at radius 1 is 1.50 bits per heavy atom. The Morgan fingerprint density at radius 3 is 3.00 bits per heavy atom. The number of carbonyl (C=O) groups excluding carboxylic acids is 1. The van der Waals surface area contributed by atoms with Crippen molar-refractivity contribution in [3.8, 4) is 0 Å². The number of carbonyl (C=O) groups is 1. The van der Waals surface area contributed by atoms with Crippen LogP contribution in [0.4, 0.5) is 10.9 Å². The van der Waals surface area contributed by atoms with Crippen LogP contribution >= 0.6 is 11.3 Å². The number of hydrogen-bond donors (Lipinski definition) is 2. The third-order valence-electron chi connectivity index (χ3n) is 2.32. The molecule has 0 bridgehead atoms. The van der Waals surface area contributed by atoms with Crippen LogP contribution in [0.15, 0.2) is 23.7 Å². The molecule has 0 aliphatic heterocycles. The van der Waals surface area contributed by atoms with E-state index in [4.69, 9.17) is 5.73 Å². The zero-order valence-corrected chi connectivity index (χ0v) is 10.8. The summed E-state index contributed by atoms with van der Waals surface area (Å²) in [6.45, 7) is 2.06. The van der Waals surface area contributed by atoms with Gasteiger partial charge in [0.05, 0.1) is 0 Å². The largest absolute Gasteiger partial charge is 0.384 e. The molecule has 2 aromatic heterocycles. The van der Waals surface area contributed by atoms with E-state index in [2.05, 4.69) is 22.2 Å². The SMILES string of the molecule is CCCc1cc(C(=O)Nc2nccs2)cc(N)n1. The van der Waals surface area contributed by atoms with E-state index in [1.54, 1.807) is 23.7 Å². The number of hydrogen-bond acceptors (Lipinski definition) is 5. The van der Waals surface area contributed by atoms with E-state index in [-0.39, 0.29) is 5.91 Å². The van der Waals surface area contributed by atoms with Crippen molar-refractivity contribution in [2.75, 3.05) is 11.1 Å². The van der Waals surface area contributed by atoms with Crippen LogP contribution in [0.3, 0.4) is 0 Å². The Labute approximate surface area is 109 Å². The summed E-state index contributed by atoms with van der Waals surface area (Å²) in [5.41, 5.74) is 7.05. The summed E-state index contributed by atoms with van der Waals surface area (Å²) in [5.74, 6) is 0.154. The molecule has 0 saturated heterocycles. The number of nitrogens with one attached hydrogen (secondary N) is 1. The normalized spacial score (nSPS) is 10.3. The lowest BCUT2D eigenvalue weighted by atomic mass is 10.1. The smallest absolute Gasteiger partial charge is 0.257 e. The minimum Gasteiger partial charge on any atom is -0.384 e. The number of nitrogen functional groups attached to an aromatic ring is 1. The third-order valence-corrected chi connectivity index (χ3v) is 3.01. The Morgan fingerprint density at radius 2 is 2.33 bits per heavy atom. The molecular formula is C12H14N4OS. The minimum atomic E-state index is -0.212. The summed E-state index contributed by atoms with van der Waals surface area (Å²) in [6.07, 6.45) is 3.41. The fourth-order valence-corrected chi connectivity index (χ4v) is 2.10. The molecule has 0 aliphatic rings. The Hall–Kier alpha value is -1.95. The maximum atomic E-state index is 12.0. The van der Waals surface area contributed by atoms with Crippen molar-refractivity contribution in [2.24, 2.45) is 0 Å². The van der Waals surface area contributed by atoms with Gasteiger partial charge in [-0.3, -0.25) is 10.1 Å². The first-order chi connectivity index (χ1) is 8.69. The molecule has 0 aromatic carbocycles. The highest BCUT2D eigenvalue weighted by Gasteiger charge is 2.10. The summed E-state index contributed by atoms with van der Waals surface area (Å²) in [5, 5.41) is 5.10. The van der Waals surface area contributed by atoms with Crippen LogP contribution in [-0.4, -0.2) is 15.9 Å². The van der Waals surface area contributed by atoms with Crippen LogP contribution in [0, 0.1) is 0 Å². The molecule has 3 N–H and O–H groups in total. The van der Waals surface area contributed by atoms with Crippen molar-refractivity contribution in [2.45, 2.75) is 19.8 Å². The molecule has 2 heterocycles. The Balaban J connectivity index is 2.19. The molecule has 5 nitrogen and oxygen atoms in total. The van der Waals surface area contributed by atoms with Crippen LogP contribution in [-0.2, 0) is 6.42 Å². The molecule has 0 saturated carbocycles. The Kier molecular flexibility index (Phi) is 3.88. The maximum absolute atomic E-state index is 12.0. The number of aryl methyl sites for hydroxylation is 1. The fraction of sp³-hybridized carbons (Fsp3) is 0.250. The molecule has 18 heavy (non-hydrogen) atoms. The lowest BCUT2D eigenvalue weighted by molar-refractivity contribution is 0.102. The molecule has 0 radical (unpaired) electrons. The predicted molar refractivity (Wildman–Crippen MR) is 72.7 cm³/mol. The van der Waals surface area contributed by atoms with Crippen molar-refractivity contribution in [3.05, 3.63) is 35.0 Å². The van der Waals surface area contributed by atoms with Gasteiger partial charge in [0.15, 0.2) is 5.13 Å². The van der Waals surface area contributed by atoms with Gasteiger partial charge in [-0.25, -0.2) is 9.97 Å². The summed E-state index contributed by atoms with van der Waals surface area (Å²) < 4.78 is 0. The number of thiazole rings is 1. The second-order valence-corrected chi connectivity index (χ2v) is 4.71. The van der Waals surface area contributed by atoms with E-state index in [0.717, 1.165) is 18.5 Å². The number of nitrogens with zero attached hydrogens (tertiary/aromatic N) is 2. The lowest BCUT2D eigenvalue weighted by Crippen LogP contribution is -2.13. The fourth-order valence-electron chi connectivity index (χ4n) is 1.58. The molecule has 0 fully saturated rings. The maximum Gasteiger partial charge on any atom is 0.257 e. The van der Waals surface area contributed by atoms with Gasteiger partial charge >= 0.3 is 0 Å². The number of rotatable bonds is 4. The van der Waals surface area contributed by atoms with Crippen LogP contribution < -0.4 is 11.1 Å². The summed E-state index contributed by atoms with van der Waals surface area (Å²) in [4.78, 5) is 20.2. The van der Waals surface area contributed by atoms with Crippen LogP contribution in [0.2, 0.25) is 0 Å². The quantitative estimate of drug-likeness (QED) is 0.886. The van der Waals surface area contributed by atoms with Gasteiger partial charge in [0.25, 0.3) is 5.91 Å².